The van der Waals surface area contributed by atoms with Crippen LogP contribution in [0.1, 0.15) is 25.3 Å². The highest BCUT2D eigenvalue weighted by Gasteiger charge is 2.23. The highest BCUT2D eigenvalue weighted by Crippen LogP contribution is 2.11. The van der Waals surface area contributed by atoms with Crippen molar-refractivity contribution in [2.24, 2.45) is 5.73 Å². The number of nitrogens with one attached hydrogen (secondary N) is 1. The van der Waals surface area contributed by atoms with Crippen LogP contribution < -0.4 is 11.1 Å². The van der Waals surface area contributed by atoms with Crippen LogP contribution in [-0.4, -0.2) is 41.9 Å². The van der Waals surface area contributed by atoms with Crippen LogP contribution in [0.2, 0.25) is 0 Å². The number of amides is 2. The third-order valence-electron chi connectivity index (χ3n) is 3.92. The number of piperidine rings is 1. The normalized spacial score (nSPS) is 17.3. The fourth-order valence-corrected chi connectivity index (χ4v) is 2.61. The molecule has 0 bridgehead atoms. The molecule has 114 valence electrons. The number of nitrogens with zero attached hydrogens (tertiary/aromatic N) is 1. The van der Waals surface area contributed by atoms with Crippen LogP contribution in [0.25, 0.3) is 0 Å². The van der Waals surface area contributed by atoms with Gasteiger partial charge in [0, 0.05) is 26.1 Å². The van der Waals surface area contributed by atoms with E-state index in [-0.39, 0.29) is 17.9 Å². The first-order valence-electron chi connectivity index (χ1n) is 7.41. The summed E-state index contributed by atoms with van der Waals surface area (Å²) in [7, 11) is 0. The van der Waals surface area contributed by atoms with Gasteiger partial charge >= 0.3 is 0 Å². The van der Waals surface area contributed by atoms with Gasteiger partial charge in [0.25, 0.3) is 0 Å². The van der Waals surface area contributed by atoms with Gasteiger partial charge in [-0.15, -0.1) is 0 Å². The van der Waals surface area contributed by atoms with Gasteiger partial charge in [-0.25, -0.2) is 0 Å². The van der Waals surface area contributed by atoms with E-state index in [2.05, 4.69) is 5.32 Å². The number of rotatable bonds is 4. The summed E-state index contributed by atoms with van der Waals surface area (Å²) >= 11 is 0. The minimum Gasteiger partial charge on any atom is -0.352 e. The lowest BCUT2D eigenvalue weighted by molar-refractivity contribution is -0.130. The fourth-order valence-electron chi connectivity index (χ4n) is 2.61. The van der Waals surface area contributed by atoms with Crippen molar-refractivity contribution in [2.75, 3.05) is 13.1 Å². The van der Waals surface area contributed by atoms with Crippen molar-refractivity contribution in [3.63, 3.8) is 0 Å². The van der Waals surface area contributed by atoms with Gasteiger partial charge in [0.05, 0.1) is 6.04 Å². The van der Waals surface area contributed by atoms with Crippen molar-refractivity contribution in [1.29, 1.82) is 0 Å². The summed E-state index contributed by atoms with van der Waals surface area (Å²) < 4.78 is 0. The smallest absolute Gasteiger partial charge is 0.237 e. The van der Waals surface area contributed by atoms with Crippen LogP contribution in [-0.2, 0) is 16.0 Å². The third-order valence-corrected chi connectivity index (χ3v) is 3.92. The molecule has 1 atom stereocenters. The Bertz CT molecular complexity index is 482. The van der Waals surface area contributed by atoms with Gasteiger partial charge in [0.2, 0.25) is 11.8 Å². The highest BCUT2D eigenvalue weighted by atomic mass is 16.2. The highest BCUT2D eigenvalue weighted by molar-refractivity contribution is 5.82. The second-order valence-corrected chi connectivity index (χ2v) is 5.59. The van der Waals surface area contributed by atoms with Crippen LogP contribution in [0.4, 0.5) is 0 Å². The number of hydrogen-bond donors (Lipinski definition) is 2. The van der Waals surface area contributed by atoms with Gasteiger partial charge in [0.15, 0.2) is 0 Å². The van der Waals surface area contributed by atoms with Crippen molar-refractivity contribution in [2.45, 2.75) is 38.3 Å². The molecule has 0 spiro atoms. The Labute approximate surface area is 125 Å². The number of carbonyl (C=O) groups is 2. The molecule has 5 heteroatoms. The average Bonchev–Trinajstić information content (AvgIpc) is 2.48. The zero-order valence-electron chi connectivity index (χ0n) is 12.4. The molecule has 0 aliphatic carbocycles. The van der Waals surface area contributed by atoms with E-state index in [1.54, 1.807) is 6.92 Å². The van der Waals surface area contributed by atoms with E-state index in [0.717, 1.165) is 18.4 Å². The topological polar surface area (TPSA) is 75.4 Å². The molecule has 1 saturated heterocycles. The molecule has 1 heterocycles. The summed E-state index contributed by atoms with van der Waals surface area (Å²) in [5.74, 6) is -0.0133. The van der Waals surface area contributed by atoms with E-state index in [1.165, 1.54) is 0 Å². The lowest BCUT2D eigenvalue weighted by atomic mass is 10.0. The molecule has 2 amide bonds. The van der Waals surface area contributed by atoms with Crippen LogP contribution in [0, 0.1) is 0 Å². The number of carbonyl (C=O) groups excluding carboxylic acids is 2. The van der Waals surface area contributed by atoms with E-state index in [1.807, 2.05) is 35.2 Å². The quantitative estimate of drug-likeness (QED) is 0.856. The van der Waals surface area contributed by atoms with Gasteiger partial charge < -0.3 is 16.0 Å². The fraction of sp³-hybridized carbons (Fsp3) is 0.500. The summed E-state index contributed by atoms with van der Waals surface area (Å²) in [5, 5.41) is 3.00. The van der Waals surface area contributed by atoms with E-state index in [0.29, 0.717) is 19.5 Å². The van der Waals surface area contributed by atoms with Crippen LogP contribution >= 0.6 is 0 Å². The predicted molar refractivity (Wildman–Crippen MR) is 81.5 cm³/mol. The Morgan fingerprint density at radius 1 is 1.29 bits per heavy atom. The molecule has 0 saturated carbocycles. The van der Waals surface area contributed by atoms with Crippen LogP contribution in [0.5, 0.6) is 0 Å². The maximum Gasteiger partial charge on any atom is 0.237 e. The molecule has 0 unspecified atom stereocenters. The lowest BCUT2D eigenvalue weighted by Gasteiger charge is -2.32. The van der Waals surface area contributed by atoms with Crippen LogP contribution in [0.3, 0.4) is 0 Å². The zero-order valence-corrected chi connectivity index (χ0v) is 12.4. The van der Waals surface area contributed by atoms with E-state index in [4.69, 9.17) is 5.73 Å². The number of hydrogen-bond acceptors (Lipinski definition) is 3. The zero-order chi connectivity index (χ0) is 15.2. The minimum atomic E-state index is -0.529. The Morgan fingerprint density at radius 2 is 1.90 bits per heavy atom. The number of benzene rings is 1. The maximum absolute atomic E-state index is 12.1. The summed E-state index contributed by atoms with van der Waals surface area (Å²) in [5.41, 5.74) is 7.03. The maximum atomic E-state index is 12.1. The monoisotopic (exact) mass is 289 g/mol. The standard InChI is InChI=1S/C16H23N3O2/c1-12(20)19-9-7-14(8-10-19)18-16(21)15(17)11-13-5-3-2-4-6-13/h2-6,14-15H,7-11,17H2,1H3,(H,18,21)/t15-/m0/s1. The number of likely N-dealkylation sites (tertiary alicyclic amines) is 1. The first-order valence-corrected chi connectivity index (χ1v) is 7.41. The minimum absolute atomic E-state index is 0.0977. The molecule has 1 fully saturated rings. The van der Waals surface area contributed by atoms with E-state index < -0.39 is 6.04 Å². The summed E-state index contributed by atoms with van der Waals surface area (Å²) in [6, 6.07) is 9.36. The molecule has 1 aliphatic heterocycles. The SMILES string of the molecule is CC(=O)N1CCC(NC(=O)[C@@H](N)Cc2ccccc2)CC1. The van der Waals surface area contributed by atoms with E-state index in [9.17, 15) is 9.59 Å². The van der Waals surface area contributed by atoms with Crippen molar-refractivity contribution in [3.8, 4) is 0 Å². The largest absolute Gasteiger partial charge is 0.352 e. The second-order valence-electron chi connectivity index (χ2n) is 5.59. The summed E-state index contributed by atoms with van der Waals surface area (Å²) in [6.45, 7) is 2.98. The molecule has 1 aromatic carbocycles. The van der Waals surface area contributed by atoms with E-state index >= 15 is 0 Å². The first kappa shape index (κ1) is 15.5. The molecule has 5 nitrogen and oxygen atoms in total. The first-order chi connectivity index (χ1) is 10.1. The molecule has 0 aromatic heterocycles. The molecule has 0 radical (unpaired) electrons. The summed E-state index contributed by atoms with van der Waals surface area (Å²) in [4.78, 5) is 25.2. The Kier molecular flexibility index (Phi) is 5.33. The average molecular weight is 289 g/mol. The van der Waals surface area contributed by atoms with Gasteiger partial charge in [-0.05, 0) is 24.8 Å². The van der Waals surface area contributed by atoms with Crippen LogP contribution in [0.15, 0.2) is 30.3 Å². The van der Waals surface area contributed by atoms with Crippen molar-refractivity contribution in [1.82, 2.24) is 10.2 Å². The molecule has 1 aliphatic rings. The number of nitrogens with two attached hydrogens (primary N) is 1. The second kappa shape index (κ2) is 7.22. The molecule has 3 N–H and O–H groups in total. The Morgan fingerprint density at radius 3 is 2.48 bits per heavy atom. The Balaban J connectivity index is 1.78. The predicted octanol–water partition coefficient (Wildman–Crippen LogP) is 0.684. The summed E-state index contributed by atoms with van der Waals surface area (Å²) in [6.07, 6.45) is 2.13. The van der Waals surface area contributed by atoms with Gasteiger partial charge in [-0.3, -0.25) is 9.59 Å². The third kappa shape index (κ3) is 4.56. The van der Waals surface area contributed by atoms with Gasteiger partial charge in [0.1, 0.15) is 0 Å². The molecular weight excluding hydrogens is 266 g/mol. The van der Waals surface area contributed by atoms with Gasteiger partial charge in [-0.1, -0.05) is 30.3 Å². The van der Waals surface area contributed by atoms with Crippen molar-refractivity contribution < 1.29 is 9.59 Å². The van der Waals surface area contributed by atoms with Gasteiger partial charge in [-0.2, -0.15) is 0 Å². The van der Waals surface area contributed by atoms with Crippen molar-refractivity contribution >= 4 is 11.8 Å². The molecular formula is C16H23N3O2. The Hall–Kier alpha value is -1.88. The molecule has 2 rings (SSSR count). The molecule has 21 heavy (non-hydrogen) atoms. The molecule has 1 aromatic rings. The lowest BCUT2D eigenvalue weighted by Crippen LogP contribution is -2.50. The van der Waals surface area contributed by atoms with Crippen molar-refractivity contribution in [3.05, 3.63) is 35.9 Å².